The van der Waals surface area contributed by atoms with Crippen LogP contribution in [0, 0.1) is 0 Å². The predicted octanol–water partition coefficient (Wildman–Crippen LogP) is 2.54. The zero-order valence-electron chi connectivity index (χ0n) is 9.86. The van der Waals surface area contributed by atoms with Crippen molar-refractivity contribution in [1.29, 1.82) is 0 Å². The quantitative estimate of drug-likeness (QED) is 0.758. The third-order valence-corrected chi connectivity index (χ3v) is 3.49. The molecule has 0 radical (unpaired) electrons. The molecule has 0 spiro atoms. The highest BCUT2D eigenvalue weighted by Crippen LogP contribution is 2.22. The van der Waals surface area contributed by atoms with E-state index in [1.165, 1.54) is 0 Å². The molecule has 0 unspecified atom stereocenters. The third-order valence-electron chi connectivity index (χ3n) is 3.05. The van der Waals surface area contributed by atoms with Crippen LogP contribution in [0.25, 0.3) is 0 Å². The summed E-state index contributed by atoms with van der Waals surface area (Å²) in [4.78, 5) is 14.1. The molecule has 1 amide bonds. The average Bonchev–Trinajstić information content (AvgIpc) is 2.39. The monoisotopic (exact) mass is 253 g/mol. The topological polar surface area (TPSA) is 29.5 Å². The van der Waals surface area contributed by atoms with Crippen molar-refractivity contribution in [3.63, 3.8) is 0 Å². The number of hydrogen-bond donors (Lipinski definition) is 0. The minimum absolute atomic E-state index is 0.0333. The molecule has 0 saturated carbocycles. The Morgan fingerprint density at radius 2 is 2.00 bits per heavy atom. The van der Waals surface area contributed by atoms with Crippen LogP contribution in [-0.2, 0) is 0 Å². The van der Waals surface area contributed by atoms with E-state index in [1.54, 1.807) is 13.2 Å². The highest BCUT2D eigenvalue weighted by Gasteiger charge is 2.24. The molecule has 0 atom stereocenters. The number of likely N-dealkylation sites (tertiary alicyclic amines) is 1. The van der Waals surface area contributed by atoms with Crippen LogP contribution < -0.4 is 4.74 Å². The van der Waals surface area contributed by atoms with Gasteiger partial charge in [-0.25, -0.2) is 0 Å². The van der Waals surface area contributed by atoms with Crippen LogP contribution in [0.2, 0.25) is 0 Å². The van der Waals surface area contributed by atoms with Gasteiger partial charge in [0.05, 0.1) is 12.7 Å². The lowest BCUT2D eigenvalue weighted by Crippen LogP contribution is -2.38. The number of rotatable bonds is 2. The standard InChI is InChI=1S/C13H16ClNO2/c1-17-12-5-3-2-4-11(12)13(16)15-8-6-10(14)7-9-15/h2-5,10H,6-9H2,1H3. The molecule has 0 bridgehead atoms. The van der Waals surface area contributed by atoms with Gasteiger partial charge in [-0.3, -0.25) is 4.79 Å². The molecular formula is C13H16ClNO2. The molecule has 1 heterocycles. The van der Waals surface area contributed by atoms with Gasteiger partial charge in [0, 0.05) is 18.5 Å². The average molecular weight is 254 g/mol. The van der Waals surface area contributed by atoms with Gasteiger partial charge in [-0.1, -0.05) is 12.1 Å². The van der Waals surface area contributed by atoms with Crippen molar-refractivity contribution >= 4 is 17.5 Å². The summed E-state index contributed by atoms with van der Waals surface area (Å²) in [6.07, 6.45) is 1.73. The van der Waals surface area contributed by atoms with Crippen LogP contribution in [0.1, 0.15) is 23.2 Å². The van der Waals surface area contributed by atoms with Crippen LogP contribution >= 0.6 is 11.6 Å². The number of amides is 1. The number of methoxy groups -OCH3 is 1. The first kappa shape index (κ1) is 12.2. The molecular weight excluding hydrogens is 238 g/mol. The fraction of sp³-hybridized carbons (Fsp3) is 0.462. The minimum Gasteiger partial charge on any atom is -0.496 e. The van der Waals surface area contributed by atoms with Gasteiger partial charge in [0.15, 0.2) is 0 Å². The number of para-hydroxylation sites is 1. The fourth-order valence-corrected chi connectivity index (χ4v) is 2.24. The zero-order valence-corrected chi connectivity index (χ0v) is 10.6. The van der Waals surface area contributed by atoms with E-state index in [4.69, 9.17) is 16.3 Å². The fourth-order valence-electron chi connectivity index (χ4n) is 2.04. The van der Waals surface area contributed by atoms with Crippen LogP contribution in [0.15, 0.2) is 24.3 Å². The molecule has 3 nitrogen and oxygen atoms in total. The highest BCUT2D eigenvalue weighted by molar-refractivity contribution is 6.20. The van der Waals surface area contributed by atoms with Crippen LogP contribution in [0.4, 0.5) is 0 Å². The van der Waals surface area contributed by atoms with E-state index in [-0.39, 0.29) is 11.3 Å². The first-order valence-corrected chi connectivity index (χ1v) is 6.22. The summed E-state index contributed by atoms with van der Waals surface area (Å²) in [5.74, 6) is 0.663. The molecule has 1 aliphatic rings. The summed E-state index contributed by atoms with van der Waals surface area (Å²) in [5, 5.41) is 0.205. The molecule has 92 valence electrons. The highest BCUT2D eigenvalue weighted by atomic mass is 35.5. The van der Waals surface area contributed by atoms with E-state index < -0.39 is 0 Å². The van der Waals surface area contributed by atoms with Crippen molar-refractivity contribution in [2.24, 2.45) is 0 Å². The van der Waals surface area contributed by atoms with E-state index in [9.17, 15) is 4.79 Å². The summed E-state index contributed by atoms with van der Waals surface area (Å²) < 4.78 is 5.20. The number of alkyl halides is 1. The largest absolute Gasteiger partial charge is 0.496 e. The normalized spacial score (nSPS) is 16.9. The lowest BCUT2D eigenvalue weighted by atomic mass is 10.1. The molecule has 1 aliphatic heterocycles. The lowest BCUT2D eigenvalue weighted by Gasteiger charge is -2.29. The Bertz CT molecular complexity index is 400. The van der Waals surface area contributed by atoms with Crippen molar-refractivity contribution in [1.82, 2.24) is 4.90 Å². The van der Waals surface area contributed by atoms with Gasteiger partial charge in [0.25, 0.3) is 5.91 Å². The minimum atomic E-state index is 0.0333. The second-order valence-corrected chi connectivity index (χ2v) is 4.78. The number of carbonyl (C=O) groups is 1. The number of ether oxygens (including phenoxy) is 1. The summed E-state index contributed by atoms with van der Waals surface area (Å²) in [6, 6.07) is 7.32. The van der Waals surface area contributed by atoms with Crippen LogP contribution in [-0.4, -0.2) is 36.4 Å². The van der Waals surface area contributed by atoms with Crippen molar-refractivity contribution in [2.75, 3.05) is 20.2 Å². The number of halogens is 1. The Morgan fingerprint density at radius 1 is 1.35 bits per heavy atom. The zero-order chi connectivity index (χ0) is 12.3. The first-order valence-electron chi connectivity index (χ1n) is 5.78. The number of benzene rings is 1. The third kappa shape index (κ3) is 2.72. The molecule has 0 N–H and O–H groups in total. The van der Waals surface area contributed by atoms with Gasteiger partial charge in [0.1, 0.15) is 5.75 Å². The van der Waals surface area contributed by atoms with E-state index in [0.29, 0.717) is 11.3 Å². The van der Waals surface area contributed by atoms with Crippen LogP contribution in [0.3, 0.4) is 0 Å². The number of carbonyl (C=O) groups excluding carboxylic acids is 1. The molecule has 0 aromatic heterocycles. The molecule has 1 saturated heterocycles. The molecule has 1 aromatic rings. The Balaban J connectivity index is 2.14. The Hall–Kier alpha value is -1.22. The molecule has 4 heteroatoms. The number of nitrogens with zero attached hydrogens (tertiary/aromatic N) is 1. The van der Waals surface area contributed by atoms with Crippen molar-refractivity contribution in [3.05, 3.63) is 29.8 Å². The van der Waals surface area contributed by atoms with E-state index in [1.807, 2.05) is 23.1 Å². The second kappa shape index (κ2) is 5.41. The molecule has 0 aliphatic carbocycles. The SMILES string of the molecule is COc1ccccc1C(=O)N1CCC(Cl)CC1. The Kier molecular flexibility index (Phi) is 3.89. The maximum atomic E-state index is 12.3. The van der Waals surface area contributed by atoms with E-state index >= 15 is 0 Å². The van der Waals surface area contributed by atoms with Gasteiger partial charge < -0.3 is 9.64 Å². The van der Waals surface area contributed by atoms with Crippen molar-refractivity contribution in [2.45, 2.75) is 18.2 Å². The Morgan fingerprint density at radius 3 is 2.65 bits per heavy atom. The number of piperidine rings is 1. The molecule has 1 aromatic carbocycles. The molecule has 17 heavy (non-hydrogen) atoms. The second-order valence-electron chi connectivity index (χ2n) is 4.17. The predicted molar refractivity (Wildman–Crippen MR) is 67.8 cm³/mol. The molecule has 1 fully saturated rings. The summed E-state index contributed by atoms with van der Waals surface area (Å²) in [6.45, 7) is 1.45. The van der Waals surface area contributed by atoms with E-state index in [2.05, 4.69) is 0 Å². The molecule has 2 rings (SSSR count). The first-order chi connectivity index (χ1) is 8.22. The Labute approximate surface area is 106 Å². The summed E-state index contributed by atoms with van der Waals surface area (Å²) >= 11 is 6.03. The van der Waals surface area contributed by atoms with Gasteiger partial charge in [-0.05, 0) is 25.0 Å². The smallest absolute Gasteiger partial charge is 0.257 e. The van der Waals surface area contributed by atoms with Gasteiger partial charge in [-0.2, -0.15) is 0 Å². The summed E-state index contributed by atoms with van der Waals surface area (Å²) in [5.41, 5.74) is 0.628. The van der Waals surface area contributed by atoms with Crippen molar-refractivity contribution in [3.8, 4) is 5.75 Å². The van der Waals surface area contributed by atoms with Gasteiger partial charge in [0.2, 0.25) is 0 Å². The van der Waals surface area contributed by atoms with Gasteiger partial charge >= 0.3 is 0 Å². The van der Waals surface area contributed by atoms with Gasteiger partial charge in [-0.15, -0.1) is 11.6 Å². The van der Waals surface area contributed by atoms with Crippen molar-refractivity contribution < 1.29 is 9.53 Å². The lowest BCUT2D eigenvalue weighted by molar-refractivity contribution is 0.0723. The summed E-state index contributed by atoms with van der Waals surface area (Å²) in [7, 11) is 1.58. The number of hydrogen-bond acceptors (Lipinski definition) is 2. The van der Waals surface area contributed by atoms with E-state index in [0.717, 1.165) is 25.9 Å². The maximum absolute atomic E-state index is 12.3. The van der Waals surface area contributed by atoms with Crippen LogP contribution in [0.5, 0.6) is 5.75 Å². The maximum Gasteiger partial charge on any atom is 0.257 e.